The zero-order valence-electron chi connectivity index (χ0n) is 20.7. The van der Waals surface area contributed by atoms with Crippen LogP contribution in [-0.2, 0) is 6.42 Å². The summed E-state index contributed by atoms with van der Waals surface area (Å²) in [5.41, 5.74) is 5.87. The number of pyridine rings is 1. The Bertz CT molecular complexity index is 1490. The first-order valence-electron chi connectivity index (χ1n) is 13.0. The van der Waals surface area contributed by atoms with Gasteiger partial charge in [0.15, 0.2) is 11.5 Å². The van der Waals surface area contributed by atoms with Gasteiger partial charge in [0.2, 0.25) is 0 Å². The molecule has 1 fully saturated rings. The molecule has 0 bridgehead atoms. The van der Waals surface area contributed by atoms with Gasteiger partial charge >= 0.3 is 0 Å². The van der Waals surface area contributed by atoms with Crippen LogP contribution in [0.15, 0.2) is 97.1 Å². The van der Waals surface area contributed by atoms with Crippen LogP contribution in [0, 0.1) is 0 Å². The molecule has 0 radical (unpaired) electrons. The van der Waals surface area contributed by atoms with Crippen molar-refractivity contribution in [1.82, 2.24) is 4.98 Å². The van der Waals surface area contributed by atoms with E-state index >= 15 is 0 Å². The maximum absolute atomic E-state index is 6.46. The lowest BCUT2D eigenvalue weighted by Gasteiger charge is -2.22. The monoisotopic (exact) mass is 473 g/mol. The van der Waals surface area contributed by atoms with E-state index in [4.69, 9.17) is 14.5 Å². The van der Waals surface area contributed by atoms with Crippen LogP contribution in [0.4, 0.5) is 0 Å². The molecule has 1 heterocycles. The normalized spacial score (nSPS) is 14.8. The summed E-state index contributed by atoms with van der Waals surface area (Å²) in [5.74, 6) is 1.82. The molecule has 6 rings (SSSR count). The number of ether oxygens (including phenoxy) is 2. The van der Waals surface area contributed by atoms with E-state index in [2.05, 4.69) is 97.1 Å². The molecule has 0 unspecified atom stereocenters. The molecule has 0 N–H and O–H groups in total. The predicted octanol–water partition coefficient (Wildman–Crippen LogP) is 8.09. The first-order chi connectivity index (χ1) is 17.8. The van der Waals surface area contributed by atoms with Crippen LogP contribution < -0.4 is 9.47 Å². The summed E-state index contributed by atoms with van der Waals surface area (Å²) in [6.07, 6.45) is 5.84. The Kier molecular flexibility index (Phi) is 6.29. The van der Waals surface area contributed by atoms with E-state index in [0.717, 1.165) is 41.8 Å². The highest BCUT2D eigenvalue weighted by molar-refractivity contribution is 5.94. The maximum Gasteiger partial charge on any atom is 0.161 e. The van der Waals surface area contributed by atoms with Crippen molar-refractivity contribution >= 4 is 21.8 Å². The average molecular weight is 474 g/mol. The van der Waals surface area contributed by atoms with E-state index in [9.17, 15) is 0 Å². The number of benzene rings is 4. The van der Waals surface area contributed by atoms with Gasteiger partial charge in [-0.2, -0.15) is 0 Å². The number of fused-ring (bicyclic) bond motifs is 2. The summed E-state index contributed by atoms with van der Waals surface area (Å²) < 4.78 is 12.1. The van der Waals surface area contributed by atoms with E-state index in [1.54, 1.807) is 7.11 Å². The first kappa shape index (κ1) is 22.6. The zero-order valence-corrected chi connectivity index (χ0v) is 20.7. The van der Waals surface area contributed by atoms with Gasteiger partial charge < -0.3 is 9.47 Å². The van der Waals surface area contributed by atoms with E-state index in [1.807, 2.05) is 0 Å². The van der Waals surface area contributed by atoms with Crippen molar-refractivity contribution in [2.75, 3.05) is 7.11 Å². The molecule has 5 aromatic rings. The minimum Gasteiger partial charge on any atom is -0.493 e. The molecule has 3 nitrogen and oxygen atoms in total. The molecule has 0 amide bonds. The molecule has 1 saturated carbocycles. The molecule has 36 heavy (non-hydrogen) atoms. The molecule has 0 saturated heterocycles. The maximum atomic E-state index is 6.46. The highest BCUT2D eigenvalue weighted by Gasteiger charge is 2.22. The van der Waals surface area contributed by atoms with Crippen LogP contribution in [0.2, 0.25) is 0 Å². The lowest BCUT2D eigenvalue weighted by molar-refractivity contribution is 0.200. The molecular formula is C33H31NO2. The van der Waals surface area contributed by atoms with E-state index < -0.39 is 0 Å². The molecule has 0 spiro atoms. The topological polar surface area (TPSA) is 31.4 Å². The number of hydrogen-bond donors (Lipinski definition) is 0. The van der Waals surface area contributed by atoms with Gasteiger partial charge in [-0.05, 0) is 73.1 Å². The third-order valence-corrected chi connectivity index (χ3v) is 7.44. The quantitative estimate of drug-likeness (QED) is 0.224. The zero-order chi connectivity index (χ0) is 24.3. The number of hydrogen-bond acceptors (Lipinski definition) is 3. The minimum absolute atomic E-state index is 0.168. The van der Waals surface area contributed by atoms with E-state index in [1.165, 1.54) is 40.3 Å². The first-order valence-corrected chi connectivity index (χ1v) is 13.0. The fourth-order valence-electron chi connectivity index (χ4n) is 5.55. The Hall–Kier alpha value is -3.85. The second-order valence-electron chi connectivity index (χ2n) is 9.77. The second kappa shape index (κ2) is 10.0. The number of nitrogens with zero attached hydrogens (tertiary/aromatic N) is 1. The van der Waals surface area contributed by atoms with Gasteiger partial charge in [-0.15, -0.1) is 0 Å². The Morgan fingerprint density at radius 2 is 1.53 bits per heavy atom. The highest BCUT2D eigenvalue weighted by atomic mass is 16.5. The number of aromatic nitrogens is 1. The van der Waals surface area contributed by atoms with Crippen molar-refractivity contribution < 1.29 is 9.47 Å². The number of para-hydroxylation sites is 2. The molecule has 1 atom stereocenters. The van der Waals surface area contributed by atoms with E-state index in [-0.39, 0.29) is 12.0 Å². The van der Waals surface area contributed by atoms with Crippen molar-refractivity contribution in [2.24, 2.45) is 0 Å². The van der Waals surface area contributed by atoms with Gasteiger partial charge in [-0.3, -0.25) is 0 Å². The molecule has 0 aliphatic heterocycles. The lowest BCUT2D eigenvalue weighted by Crippen LogP contribution is -2.12. The molecule has 180 valence electrons. The van der Waals surface area contributed by atoms with Crippen molar-refractivity contribution in [1.29, 1.82) is 0 Å². The number of rotatable bonds is 7. The Labute approximate surface area is 212 Å². The van der Waals surface area contributed by atoms with Crippen LogP contribution in [0.5, 0.6) is 11.5 Å². The van der Waals surface area contributed by atoms with Crippen molar-refractivity contribution in [3.05, 3.63) is 114 Å². The Balaban J connectivity index is 1.43. The van der Waals surface area contributed by atoms with Gasteiger partial charge in [0, 0.05) is 16.7 Å². The summed E-state index contributed by atoms with van der Waals surface area (Å²) in [4.78, 5) is 5.09. The molecular weight excluding hydrogens is 442 g/mol. The minimum atomic E-state index is 0.168. The van der Waals surface area contributed by atoms with E-state index in [0.29, 0.717) is 0 Å². The molecule has 1 aliphatic carbocycles. The SMILES string of the molecule is COc1ccc([C@H](Cc2cccc3cc4ccccc4nc23)c2ccccc2)cc1OC1CCCC1. The largest absolute Gasteiger partial charge is 0.493 e. The van der Waals surface area contributed by atoms with Gasteiger partial charge in [0.1, 0.15) is 0 Å². The number of methoxy groups -OCH3 is 1. The fraction of sp³-hybridized carbons (Fsp3) is 0.242. The summed E-state index contributed by atoms with van der Waals surface area (Å²) in [6.45, 7) is 0. The third-order valence-electron chi connectivity index (χ3n) is 7.44. The highest BCUT2D eigenvalue weighted by Crippen LogP contribution is 2.38. The van der Waals surface area contributed by atoms with Crippen molar-refractivity contribution in [2.45, 2.75) is 44.1 Å². The van der Waals surface area contributed by atoms with Gasteiger partial charge in [-0.1, -0.05) is 72.8 Å². The summed E-state index contributed by atoms with van der Waals surface area (Å²) in [6, 6.07) is 34.3. The lowest BCUT2D eigenvalue weighted by atomic mass is 9.85. The fourth-order valence-corrected chi connectivity index (χ4v) is 5.55. The summed E-state index contributed by atoms with van der Waals surface area (Å²) >= 11 is 0. The Morgan fingerprint density at radius 3 is 2.36 bits per heavy atom. The average Bonchev–Trinajstić information content (AvgIpc) is 3.44. The van der Waals surface area contributed by atoms with Crippen LogP contribution in [0.25, 0.3) is 21.8 Å². The van der Waals surface area contributed by atoms with Crippen LogP contribution in [0.1, 0.15) is 48.3 Å². The van der Waals surface area contributed by atoms with Crippen LogP contribution in [0.3, 0.4) is 0 Å². The van der Waals surface area contributed by atoms with Crippen molar-refractivity contribution in [3.8, 4) is 11.5 Å². The smallest absolute Gasteiger partial charge is 0.161 e. The molecule has 4 aromatic carbocycles. The molecule has 1 aromatic heterocycles. The van der Waals surface area contributed by atoms with Crippen molar-refractivity contribution in [3.63, 3.8) is 0 Å². The van der Waals surface area contributed by atoms with Crippen LogP contribution >= 0.6 is 0 Å². The van der Waals surface area contributed by atoms with Gasteiger partial charge in [0.05, 0.1) is 24.2 Å². The van der Waals surface area contributed by atoms with Gasteiger partial charge in [0.25, 0.3) is 0 Å². The third kappa shape index (κ3) is 4.54. The van der Waals surface area contributed by atoms with Gasteiger partial charge in [-0.25, -0.2) is 4.98 Å². The molecule has 3 heteroatoms. The summed E-state index contributed by atoms with van der Waals surface area (Å²) in [7, 11) is 1.72. The Morgan fingerprint density at radius 1 is 0.750 bits per heavy atom. The summed E-state index contributed by atoms with van der Waals surface area (Å²) in [5, 5.41) is 2.35. The van der Waals surface area contributed by atoms with Crippen LogP contribution in [-0.4, -0.2) is 18.2 Å². The molecule has 1 aliphatic rings. The predicted molar refractivity (Wildman–Crippen MR) is 147 cm³/mol. The second-order valence-corrected chi connectivity index (χ2v) is 9.77. The standard InChI is InChI=1S/C33H31NO2/c1-35-31-19-18-24(22-32(31)36-28-15-6-7-16-28)29(23-10-3-2-4-11-23)21-27-14-9-13-26-20-25-12-5-8-17-30(25)34-33(26)27/h2-5,8-14,17-20,22,28-29H,6-7,15-16,21H2,1H3/t29-/m1/s1.